The normalized spacial score (nSPS) is 28.6. The van der Waals surface area contributed by atoms with Gasteiger partial charge in [-0.05, 0) is 48.5 Å². The third-order valence-corrected chi connectivity index (χ3v) is 4.22. The van der Waals surface area contributed by atoms with Gasteiger partial charge in [0, 0.05) is 5.92 Å². The van der Waals surface area contributed by atoms with Crippen molar-refractivity contribution in [2.75, 3.05) is 5.73 Å². The second-order valence-electron chi connectivity index (χ2n) is 4.95. The molecule has 2 unspecified atom stereocenters. The first-order chi connectivity index (χ1) is 8.15. The summed E-state index contributed by atoms with van der Waals surface area (Å²) in [5.74, 6) is 1.87. The van der Waals surface area contributed by atoms with E-state index in [9.17, 15) is 0 Å². The zero-order chi connectivity index (χ0) is 12.0. The third kappa shape index (κ3) is 2.18. The van der Waals surface area contributed by atoms with Crippen molar-refractivity contribution in [2.45, 2.75) is 50.7 Å². The van der Waals surface area contributed by atoms with Gasteiger partial charge in [-0.15, -0.1) is 0 Å². The molecular formula is C12H16BrN3O. The largest absolute Gasteiger partial charge is 0.383 e. The predicted molar refractivity (Wildman–Crippen MR) is 68.6 cm³/mol. The monoisotopic (exact) mass is 297 g/mol. The molecule has 2 fully saturated rings. The summed E-state index contributed by atoms with van der Waals surface area (Å²) in [5.41, 5.74) is 7.00. The van der Waals surface area contributed by atoms with Crippen molar-refractivity contribution in [1.82, 2.24) is 9.97 Å². The van der Waals surface area contributed by atoms with Crippen LogP contribution in [0.4, 0.5) is 5.82 Å². The number of nitrogens with zero attached hydrogens (tertiary/aromatic N) is 2. The molecule has 0 amide bonds. The minimum Gasteiger partial charge on any atom is -0.383 e. The molecule has 3 rings (SSSR count). The Morgan fingerprint density at radius 3 is 2.59 bits per heavy atom. The highest BCUT2D eigenvalue weighted by Crippen LogP contribution is 2.44. The molecule has 5 heteroatoms. The minimum atomic E-state index is 0.0258. The number of nitrogen functional groups attached to an aromatic ring is 1. The van der Waals surface area contributed by atoms with Crippen molar-refractivity contribution in [3.05, 3.63) is 16.0 Å². The van der Waals surface area contributed by atoms with Crippen molar-refractivity contribution >= 4 is 21.7 Å². The topological polar surface area (TPSA) is 61.0 Å². The molecule has 2 N–H and O–H groups in total. The quantitative estimate of drug-likeness (QED) is 0.912. The summed E-state index contributed by atoms with van der Waals surface area (Å²) in [7, 11) is 0. The smallest absolute Gasteiger partial charge is 0.159 e. The van der Waals surface area contributed by atoms with E-state index in [2.05, 4.69) is 32.8 Å². The zero-order valence-electron chi connectivity index (χ0n) is 9.82. The van der Waals surface area contributed by atoms with Crippen molar-refractivity contribution in [1.29, 1.82) is 0 Å². The Hall–Kier alpha value is -0.680. The van der Waals surface area contributed by atoms with Gasteiger partial charge in [-0.2, -0.15) is 0 Å². The molecule has 0 bridgehead atoms. The molecule has 4 nitrogen and oxygen atoms in total. The number of hydrogen-bond acceptors (Lipinski definition) is 4. The summed E-state index contributed by atoms with van der Waals surface area (Å²) in [5, 5.41) is 0. The fourth-order valence-electron chi connectivity index (χ4n) is 2.27. The number of hydrogen-bond donors (Lipinski definition) is 1. The number of nitrogens with two attached hydrogens (primary N) is 1. The summed E-state index contributed by atoms with van der Waals surface area (Å²) >= 11 is 3.48. The summed E-state index contributed by atoms with van der Waals surface area (Å²) in [6.07, 6.45) is 4.80. The van der Waals surface area contributed by atoms with Crippen molar-refractivity contribution in [3.63, 3.8) is 0 Å². The fraction of sp³-hybridized carbons (Fsp3) is 0.667. The standard InChI is InChI=1S/C12H16BrN3O/c1-6-2-5-8(17-6)12-15-10(7-3-4-7)9(13)11(14)16-12/h6-8H,2-5H2,1H3,(H2,14,15,16). The summed E-state index contributed by atoms with van der Waals surface area (Å²) in [4.78, 5) is 9.00. The van der Waals surface area contributed by atoms with Gasteiger partial charge in [0.2, 0.25) is 0 Å². The molecule has 0 spiro atoms. The molecule has 2 heterocycles. The lowest BCUT2D eigenvalue weighted by Crippen LogP contribution is -2.10. The molecule has 1 saturated heterocycles. The van der Waals surface area contributed by atoms with Gasteiger partial charge in [0.05, 0.1) is 16.3 Å². The van der Waals surface area contributed by atoms with Crippen molar-refractivity contribution in [2.24, 2.45) is 0 Å². The maximum atomic E-state index is 5.94. The Balaban J connectivity index is 1.94. The van der Waals surface area contributed by atoms with Gasteiger partial charge in [-0.1, -0.05) is 0 Å². The number of rotatable bonds is 2. The lowest BCUT2D eigenvalue weighted by atomic mass is 10.2. The summed E-state index contributed by atoms with van der Waals surface area (Å²) < 4.78 is 6.67. The molecule has 0 radical (unpaired) electrons. The van der Waals surface area contributed by atoms with Crippen LogP contribution < -0.4 is 5.73 Å². The lowest BCUT2D eigenvalue weighted by Gasteiger charge is -2.13. The summed E-state index contributed by atoms with van der Waals surface area (Å²) in [6, 6.07) is 0. The van der Waals surface area contributed by atoms with Crippen LogP contribution in [0.5, 0.6) is 0 Å². The maximum Gasteiger partial charge on any atom is 0.159 e. The molecule has 1 aromatic heterocycles. The van der Waals surface area contributed by atoms with E-state index in [0.29, 0.717) is 17.8 Å². The van der Waals surface area contributed by atoms with E-state index in [1.807, 2.05) is 0 Å². The Kier molecular flexibility index (Phi) is 2.83. The zero-order valence-corrected chi connectivity index (χ0v) is 11.4. The molecule has 1 saturated carbocycles. The van der Waals surface area contributed by atoms with Crippen LogP contribution in [0, 0.1) is 0 Å². The van der Waals surface area contributed by atoms with Gasteiger partial charge in [-0.3, -0.25) is 0 Å². The van der Waals surface area contributed by atoms with E-state index >= 15 is 0 Å². The van der Waals surface area contributed by atoms with Crippen LogP contribution in [0.15, 0.2) is 4.47 Å². The first kappa shape index (κ1) is 11.4. The molecule has 2 atom stereocenters. The van der Waals surface area contributed by atoms with E-state index in [1.54, 1.807) is 0 Å². The molecular weight excluding hydrogens is 282 g/mol. The van der Waals surface area contributed by atoms with Gasteiger partial charge in [0.25, 0.3) is 0 Å². The number of halogens is 1. The van der Waals surface area contributed by atoms with Crippen LogP contribution in [-0.4, -0.2) is 16.1 Å². The van der Waals surface area contributed by atoms with Crippen LogP contribution in [-0.2, 0) is 4.74 Å². The van der Waals surface area contributed by atoms with Crippen LogP contribution in [0.25, 0.3) is 0 Å². The van der Waals surface area contributed by atoms with Crippen LogP contribution in [0.3, 0.4) is 0 Å². The van der Waals surface area contributed by atoms with E-state index < -0.39 is 0 Å². The Labute approximate surface area is 109 Å². The number of ether oxygens (including phenoxy) is 1. The average molecular weight is 298 g/mol. The molecule has 2 aliphatic rings. The van der Waals surface area contributed by atoms with Crippen LogP contribution in [0.2, 0.25) is 0 Å². The van der Waals surface area contributed by atoms with E-state index in [4.69, 9.17) is 10.5 Å². The lowest BCUT2D eigenvalue weighted by molar-refractivity contribution is 0.0502. The van der Waals surface area contributed by atoms with Gasteiger partial charge in [0.1, 0.15) is 11.9 Å². The molecule has 1 aliphatic carbocycles. The average Bonchev–Trinajstić information content (AvgIpc) is 3.05. The first-order valence-electron chi connectivity index (χ1n) is 6.13. The van der Waals surface area contributed by atoms with Crippen molar-refractivity contribution < 1.29 is 4.74 Å². The predicted octanol–water partition coefficient (Wildman–Crippen LogP) is 2.94. The van der Waals surface area contributed by atoms with E-state index in [0.717, 1.165) is 28.8 Å². The second-order valence-corrected chi connectivity index (χ2v) is 5.75. The Morgan fingerprint density at radius 2 is 2.00 bits per heavy atom. The van der Waals surface area contributed by atoms with Gasteiger partial charge >= 0.3 is 0 Å². The molecule has 92 valence electrons. The summed E-state index contributed by atoms with van der Waals surface area (Å²) in [6.45, 7) is 2.09. The molecule has 0 aromatic carbocycles. The second kappa shape index (κ2) is 4.21. The molecule has 17 heavy (non-hydrogen) atoms. The Bertz CT molecular complexity index is 448. The van der Waals surface area contributed by atoms with E-state index in [1.165, 1.54) is 12.8 Å². The number of anilines is 1. The van der Waals surface area contributed by atoms with Crippen molar-refractivity contribution in [3.8, 4) is 0 Å². The highest BCUT2D eigenvalue weighted by molar-refractivity contribution is 9.10. The highest BCUT2D eigenvalue weighted by Gasteiger charge is 2.32. The van der Waals surface area contributed by atoms with Gasteiger partial charge in [0.15, 0.2) is 5.82 Å². The van der Waals surface area contributed by atoms with Gasteiger partial charge < -0.3 is 10.5 Å². The van der Waals surface area contributed by atoms with Crippen LogP contribution in [0.1, 0.15) is 56.1 Å². The van der Waals surface area contributed by atoms with Gasteiger partial charge in [-0.25, -0.2) is 9.97 Å². The van der Waals surface area contributed by atoms with Crippen LogP contribution >= 0.6 is 15.9 Å². The molecule has 1 aromatic rings. The SMILES string of the molecule is CC1CCC(c2nc(N)c(Br)c(C3CC3)n2)O1. The third-order valence-electron chi connectivity index (χ3n) is 3.40. The minimum absolute atomic E-state index is 0.0258. The first-order valence-corrected chi connectivity index (χ1v) is 6.92. The molecule has 1 aliphatic heterocycles. The maximum absolute atomic E-state index is 5.94. The fourth-order valence-corrected chi connectivity index (χ4v) is 2.77. The Morgan fingerprint density at radius 1 is 1.24 bits per heavy atom. The highest BCUT2D eigenvalue weighted by atomic mass is 79.9. The van der Waals surface area contributed by atoms with E-state index in [-0.39, 0.29) is 6.10 Å². The number of aromatic nitrogens is 2.